The number of aliphatic imine (C=N–C) groups is 1. The second kappa shape index (κ2) is 10.9. The molecule has 0 fully saturated rings. The van der Waals surface area contributed by atoms with E-state index in [2.05, 4.69) is 34.4 Å². The molecule has 0 unspecified atom stereocenters. The first-order valence-electron chi connectivity index (χ1n) is 11.9. The first-order valence-corrected chi connectivity index (χ1v) is 15.3. The van der Waals surface area contributed by atoms with Crippen molar-refractivity contribution in [3.8, 4) is 6.07 Å². The van der Waals surface area contributed by atoms with E-state index < -0.39 is 25.0 Å². The summed E-state index contributed by atoms with van der Waals surface area (Å²) < 4.78 is 56.2. The van der Waals surface area contributed by atoms with Gasteiger partial charge < -0.3 is 4.90 Å². The lowest BCUT2D eigenvalue weighted by Gasteiger charge is -2.20. The molecule has 1 aliphatic rings. The molecular formula is C24H27N9O4S2. The molecule has 204 valence electrons. The van der Waals surface area contributed by atoms with Crippen LogP contribution in [0.3, 0.4) is 0 Å². The number of pyridine rings is 1. The van der Waals surface area contributed by atoms with E-state index in [1.165, 1.54) is 0 Å². The second-order valence-electron chi connectivity index (χ2n) is 8.53. The number of aryl methyl sites for hydroxylation is 1. The van der Waals surface area contributed by atoms with Gasteiger partial charge in [0.05, 0.1) is 24.2 Å². The van der Waals surface area contributed by atoms with E-state index in [1.54, 1.807) is 49.4 Å². The van der Waals surface area contributed by atoms with Crippen LogP contribution in [0.2, 0.25) is 0 Å². The lowest BCUT2D eigenvalue weighted by molar-refractivity contribution is 0.585. The molecule has 3 heterocycles. The monoisotopic (exact) mass is 569 g/mol. The molecule has 3 aromatic rings. The van der Waals surface area contributed by atoms with Crippen molar-refractivity contribution in [3.63, 3.8) is 0 Å². The number of allylic oxidation sites excluding steroid dienone is 2. The molecule has 2 aromatic heterocycles. The highest BCUT2D eigenvalue weighted by molar-refractivity contribution is 7.97. The molecule has 0 spiro atoms. The number of hydrogen-bond donors (Lipinski definition) is 2. The predicted molar refractivity (Wildman–Crippen MR) is 148 cm³/mol. The zero-order valence-corrected chi connectivity index (χ0v) is 23.4. The number of fused-ring (bicyclic) bond motifs is 1. The topological polar surface area (TPSA) is 175 Å². The molecule has 39 heavy (non-hydrogen) atoms. The van der Waals surface area contributed by atoms with Gasteiger partial charge in [-0.1, -0.05) is 18.2 Å². The first kappa shape index (κ1) is 27.9. The van der Waals surface area contributed by atoms with Gasteiger partial charge in [-0.05, 0) is 45.0 Å². The predicted octanol–water partition coefficient (Wildman–Crippen LogP) is 2.15. The van der Waals surface area contributed by atoms with Crippen molar-refractivity contribution in [1.82, 2.24) is 24.5 Å². The van der Waals surface area contributed by atoms with Crippen LogP contribution in [-0.4, -0.2) is 61.8 Å². The summed E-state index contributed by atoms with van der Waals surface area (Å²) in [6.07, 6.45) is 0.988. The fraction of sp³-hybridized carbons (Fsp3) is 0.292. The van der Waals surface area contributed by atoms with Crippen LogP contribution in [0.1, 0.15) is 31.2 Å². The molecule has 1 aliphatic heterocycles. The highest BCUT2D eigenvalue weighted by atomic mass is 32.2. The number of benzene rings is 1. The van der Waals surface area contributed by atoms with Crippen molar-refractivity contribution in [2.24, 2.45) is 4.99 Å². The van der Waals surface area contributed by atoms with Gasteiger partial charge in [-0.3, -0.25) is 4.72 Å². The maximum Gasteiger partial charge on any atom is 0.267 e. The fourth-order valence-corrected chi connectivity index (χ4v) is 5.62. The van der Waals surface area contributed by atoms with Crippen molar-refractivity contribution in [1.29, 1.82) is 5.26 Å². The standard InChI is InChI=1S/C24H27N9O4S2/c1-5-32(6-2)21-13-12-19(16(3)27-21)28-24-22(39(36,37)31-17-10-8-7-9-11-17)18(14-25)23-29-20(30-33(23)24)15-26-38(4,34)35/h7-13,26,31H,5-6,15H2,1-4H3/b28-24-. The van der Waals surface area contributed by atoms with Crippen LogP contribution in [0.5, 0.6) is 0 Å². The Morgan fingerprint density at radius 2 is 1.74 bits per heavy atom. The molecule has 0 amide bonds. The summed E-state index contributed by atoms with van der Waals surface area (Å²) >= 11 is 0. The average Bonchev–Trinajstić information content (AvgIpc) is 3.42. The number of para-hydroxylation sites is 1. The van der Waals surface area contributed by atoms with E-state index in [0.29, 0.717) is 17.1 Å². The average molecular weight is 570 g/mol. The van der Waals surface area contributed by atoms with Crippen LogP contribution >= 0.6 is 0 Å². The lowest BCUT2D eigenvalue weighted by Crippen LogP contribution is -2.25. The SMILES string of the molecule is CCN(CC)c1ccc(/N=C2/C(S(=O)(=O)Nc3ccccc3)=C(C#N)c3nc(CNS(C)(=O)=O)nn32)c(C)n1. The summed E-state index contributed by atoms with van der Waals surface area (Å²) in [5.41, 5.74) is 0.912. The Morgan fingerprint density at radius 3 is 2.33 bits per heavy atom. The number of nitrogens with one attached hydrogen (secondary N) is 2. The second-order valence-corrected chi connectivity index (χ2v) is 12.0. The summed E-state index contributed by atoms with van der Waals surface area (Å²) in [7, 11) is -7.89. The number of nitriles is 1. The van der Waals surface area contributed by atoms with Gasteiger partial charge in [0.2, 0.25) is 10.0 Å². The van der Waals surface area contributed by atoms with E-state index in [4.69, 9.17) is 0 Å². The fourth-order valence-electron chi connectivity index (χ4n) is 3.91. The Bertz CT molecular complexity index is 1720. The van der Waals surface area contributed by atoms with Crippen molar-refractivity contribution < 1.29 is 16.8 Å². The van der Waals surface area contributed by atoms with Crippen LogP contribution in [0.15, 0.2) is 52.4 Å². The molecule has 1 aromatic carbocycles. The Morgan fingerprint density at radius 1 is 1.05 bits per heavy atom. The quantitative estimate of drug-likeness (QED) is 0.370. The van der Waals surface area contributed by atoms with Crippen LogP contribution in [-0.2, 0) is 26.6 Å². The summed E-state index contributed by atoms with van der Waals surface area (Å²) in [6, 6.07) is 13.6. The van der Waals surface area contributed by atoms with Crippen LogP contribution in [0.25, 0.3) is 5.57 Å². The maximum atomic E-state index is 13.6. The molecule has 0 radical (unpaired) electrons. The van der Waals surface area contributed by atoms with Crippen LogP contribution < -0.4 is 14.3 Å². The van der Waals surface area contributed by atoms with Gasteiger partial charge in [0, 0.05) is 18.8 Å². The molecule has 4 rings (SSSR count). The van der Waals surface area contributed by atoms with Gasteiger partial charge in [-0.15, -0.1) is 5.10 Å². The number of aromatic nitrogens is 4. The van der Waals surface area contributed by atoms with Gasteiger partial charge in [0.15, 0.2) is 22.4 Å². The van der Waals surface area contributed by atoms with Gasteiger partial charge >= 0.3 is 0 Å². The Labute approximate surface area is 227 Å². The summed E-state index contributed by atoms with van der Waals surface area (Å²) in [4.78, 5) is 15.1. The van der Waals surface area contributed by atoms with E-state index in [9.17, 15) is 22.1 Å². The zero-order chi connectivity index (χ0) is 28.4. The normalized spacial score (nSPS) is 14.4. The minimum absolute atomic E-state index is 0.0371. The number of sulfonamides is 2. The molecule has 0 saturated carbocycles. The molecule has 15 heteroatoms. The molecule has 0 saturated heterocycles. The zero-order valence-electron chi connectivity index (χ0n) is 21.7. The largest absolute Gasteiger partial charge is 0.357 e. The number of hydrogen-bond acceptors (Lipinski definition) is 10. The highest BCUT2D eigenvalue weighted by Gasteiger charge is 2.40. The van der Waals surface area contributed by atoms with Crippen LogP contribution in [0.4, 0.5) is 17.2 Å². The van der Waals surface area contributed by atoms with Crippen molar-refractivity contribution >= 4 is 48.6 Å². The third-order valence-electron chi connectivity index (χ3n) is 5.76. The van der Waals surface area contributed by atoms with E-state index in [-0.39, 0.29) is 29.6 Å². The van der Waals surface area contributed by atoms with Crippen LogP contribution in [0, 0.1) is 18.3 Å². The number of nitrogens with zero attached hydrogens (tertiary/aromatic N) is 7. The van der Waals surface area contributed by atoms with E-state index in [0.717, 1.165) is 29.8 Å². The lowest BCUT2D eigenvalue weighted by atomic mass is 10.3. The summed E-state index contributed by atoms with van der Waals surface area (Å²) in [5.74, 6) is 0.550. The Hall–Kier alpha value is -4.13. The van der Waals surface area contributed by atoms with Crippen molar-refractivity contribution in [3.05, 3.63) is 64.7 Å². The van der Waals surface area contributed by atoms with E-state index >= 15 is 0 Å². The Balaban J connectivity index is 1.87. The van der Waals surface area contributed by atoms with Gasteiger partial charge in [-0.25, -0.2) is 36.5 Å². The molecular weight excluding hydrogens is 542 g/mol. The molecule has 2 N–H and O–H groups in total. The first-order chi connectivity index (χ1) is 18.5. The number of anilines is 2. The third-order valence-corrected chi connectivity index (χ3v) is 7.86. The molecule has 0 atom stereocenters. The highest BCUT2D eigenvalue weighted by Crippen LogP contribution is 2.33. The summed E-state index contributed by atoms with van der Waals surface area (Å²) in [6.45, 7) is 7.03. The minimum atomic E-state index is -4.34. The number of rotatable bonds is 10. The van der Waals surface area contributed by atoms with Crippen molar-refractivity contribution in [2.45, 2.75) is 27.3 Å². The smallest absolute Gasteiger partial charge is 0.267 e. The van der Waals surface area contributed by atoms with Gasteiger partial charge in [0.25, 0.3) is 10.0 Å². The molecule has 13 nitrogen and oxygen atoms in total. The summed E-state index contributed by atoms with van der Waals surface area (Å²) in [5, 5.41) is 14.3. The van der Waals surface area contributed by atoms with Gasteiger partial charge in [-0.2, -0.15) is 9.94 Å². The molecule has 0 aliphatic carbocycles. The maximum absolute atomic E-state index is 13.6. The Kier molecular flexibility index (Phi) is 7.82. The van der Waals surface area contributed by atoms with Crippen molar-refractivity contribution in [2.75, 3.05) is 29.0 Å². The van der Waals surface area contributed by atoms with Gasteiger partial charge in [0.1, 0.15) is 17.5 Å². The molecule has 0 bridgehead atoms. The van der Waals surface area contributed by atoms with E-state index in [1.807, 2.05) is 19.9 Å². The minimum Gasteiger partial charge on any atom is -0.357 e. The third kappa shape index (κ3) is 5.98.